The van der Waals surface area contributed by atoms with E-state index in [-0.39, 0.29) is 29.9 Å². The molecule has 1 heterocycles. The van der Waals surface area contributed by atoms with Crippen LogP contribution in [0.1, 0.15) is 44.3 Å². The first-order chi connectivity index (χ1) is 11.8. The number of hydrogen-bond acceptors (Lipinski definition) is 5. The van der Waals surface area contributed by atoms with E-state index >= 15 is 0 Å². The lowest BCUT2D eigenvalue weighted by Gasteiger charge is -2.30. The van der Waals surface area contributed by atoms with Crippen LogP contribution in [0.25, 0.3) is 0 Å². The highest BCUT2D eigenvalue weighted by molar-refractivity contribution is 7.89. The summed E-state index contributed by atoms with van der Waals surface area (Å²) in [4.78, 5) is 16.1. The molecule has 25 heavy (non-hydrogen) atoms. The highest BCUT2D eigenvalue weighted by Gasteiger charge is 2.24. The Morgan fingerprint density at radius 3 is 2.64 bits per heavy atom. The molecule has 4 N–H and O–H groups in total. The van der Waals surface area contributed by atoms with Gasteiger partial charge >= 0.3 is 0 Å². The Balaban J connectivity index is 1.80. The van der Waals surface area contributed by atoms with Gasteiger partial charge in [0.1, 0.15) is 5.82 Å². The van der Waals surface area contributed by atoms with Crippen LogP contribution in [0, 0.1) is 12.8 Å². The maximum atomic E-state index is 12.2. The molecule has 0 bridgehead atoms. The fourth-order valence-electron chi connectivity index (χ4n) is 3.21. The van der Waals surface area contributed by atoms with Gasteiger partial charge in [-0.1, -0.05) is 19.3 Å². The fourth-order valence-corrected chi connectivity index (χ4v) is 4.28. The largest absolute Gasteiger partial charge is 0.352 e. The van der Waals surface area contributed by atoms with Crippen molar-refractivity contribution in [1.82, 2.24) is 19.6 Å². The Kier molecular flexibility index (Phi) is 6.97. The van der Waals surface area contributed by atoms with Crippen LogP contribution in [0.15, 0.2) is 11.2 Å². The van der Waals surface area contributed by atoms with Crippen LogP contribution in [0.3, 0.4) is 0 Å². The van der Waals surface area contributed by atoms with Gasteiger partial charge in [0.15, 0.2) is 5.03 Å². The van der Waals surface area contributed by atoms with Crippen LogP contribution in [0.5, 0.6) is 0 Å². The Hall–Kier alpha value is -1.45. The molecule has 0 saturated heterocycles. The number of nitrogens with one attached hydrogen (secondary N) is 2. The minimum atomic E-state index is -3.70. The van der Waals surface area contributed by atoms with E-state index in [1.807, 2.05) is 0 Å². The molecule has 1 saturated carbocycles. The lowest BCUT2D eigenvalue weighted by atomic mass is 9.84. The van der Waals surface area contributed by atoms with Crippen molar-refractivity contribution >= 4 is 15.9 Å². The number of nitrogens with zero attached hydrogens (tertiary/aromatic N) is 2. The van der Waals surface area contributed by atoms with Crippen molar-refractivity contribution in [3.63, 3.8) is 0 Å². The normalized spacial score (nSPS) is 17.4. The van der Waals surface area contributed by atoms with Crippen molar-refractivity contribution in [2.45, 2.75) is 56.5 Å². The number of aryl methyl sites for hydroxylation is 2. The zero-order valence-electron chi connectivity index (χ0n) is 15.0. The van der Waals surface area contributed by atoms with Gasteiger partial charge in [0.25, 0.3) is 10.0 Å². The van der Waals surface area contributed by atoms with Gasteiger partial charge in [-0.2, -0.15) is 0 Å². The molecule has 0 aromatic carbocycles. The SMILES string of the molecule is Cc1nc(S(=O)(=O)NCCC(=O)NC(CN)C2CCCCC2)cn1C. The second-order valence-corrected chi connectivity index (χ2v) is 8.41. The molecule has 9 heteroatoms. The number of carbonyl (C=O) groups excluding carboxylic acids is 1. The molecule has 1 unspecified atom stereocenters. The zero-order valence-corrected chi connectivity index (χ0v) is 15.8. The van der Waals surface area contributed by atoms with Crippen molar-refractivity contribution < 1.29 is 13.2 Å². The number of nitrogens with two attached hydrogens (primary N) is 1. The van der Waals surface area contributed by atoms with Gasteiger partial charge in [0.05, 0.1) is 0 Å². The second kappa shape index (κ2) is 8.77. The molecule has 1 aliphatic rings. The van der Waals surface area contributed by atoms with Crippen molar-refractivity contribution in [3.05, 3.63) is 12.0 Å². The summed E-state index contributed by atoms with van der Waals surface area (Å²) >= 11 is 0. The lowest BCUT2D eigenvalue weighted by molar-refractivity contribution is -0.122. The van der Waals surface area contributed by atoms with E-state index in [9.17, 15) is 13.2 Å². The van der Waals surface area contributed by atoms with Gasteiger partial charge in [0.2, 0.25) is 5.91 Å². The quantitative estimate of drug-likeness (QED) is 0.612. The van der Waals surface area contributed by atoms with Crippen LogP contribution in [0.2, 0.25) is 0 Å². The van der Waals surface area contributed by atoms with Crippen molar-refractivity contribution in [2.75, 3.05) is 13.1 Å². The van der Waals surface area contributed by atoms with Gasteiger partial charge in [-0.15, -0.1) is 0 Å². The first-order valence-corrected chi connectivity index (χ1v) is 10.3. The number of carbonyl (C=O) groups is 1. The van der Waals surface area contributed by atoms with E-state index in [4.69, 9.17) is 5.73 Å². The molecule has 1 fully saturated rings. The van der Waals surface area contributed by atoms with Gasteiger partial charge < -0.3 is 15.6 Å². The molecule has 0 spiro atoms. The number of aromatic nitrogens is 2. The molecule has 142 valence electrons. The smallest absolute Gasteiger partial charge is 0.259 e. The monoisotopic (exact) mass is 371 g/mol. The molecule has 1 aromatic rings. The number of hydrogen-bond donors (Lipinski definition) is 3. The van der Waals surface area contributed by atoms with Crippen LogP contribution >= 0.6 is 0 Å². The summed E-state index contributed by atoms with van der Waals surface area (Å²) in [5.74, 6) is 0.855. The third kappa shape index (κ3) is 5.52. The van der Waals surface area contributed by atoms with Gasteiger partial charge in [-0.25, -0.2) is 18.1 Å². The summed E-state index contributed by atoms with van der Waals surface area (Å²) in [5.41, 5.74) is 5.81. The predicted molar refractivity (Wildman–Crippen MR) is 95.3 cm³/mol. The highest BCUT2D eigenvalue weighted by Crippen LogP contribution is 2.26. The Labute approximate surface area is 149 Å². The lowest BCUT2D eigenvalue weighted by Crippen LogP contribution is -2.46. The van der Waals surface area contributed by atoms with E-state index in [2.05, 4.69) is 15.0 Å². The Bertz CT molecular complexity index is 660. The maximum Gasteiger partial charge on any atom is 0.259 e. The average Bonchev–Trinajstić information content (AvgIpc) is 2.93. The summed E-state index contributed by atoms with van der Waals surface area (Å²) in [6.07, 6.45) is 7.32. The minimum absolute atomic E-state index is 0.0251. The summed E-state index contributed by atoms with van der Waals surface area (Å²) < 4.78 is 28.4. The van der Waals surface area contributed by atoms with Crippen LogP contribution in [0.4, 0.5) is 0 Å². The molecule has 0 aliphatic heterocycles. The van der Waals surface area contributed by atoms with E-state index in [0.717, 1.165) is 12.8 Å². The molecule has 2 rings (SSSR count). The highest BCUT2D eigenvalue weighted by atomic mass is 32.2. The number of sulfonamides is 1. The first-order valence-electron chi connectivity index (χ1n) is 8.82. The van der Waals surface area contributed by atoms with Crippen molar-refractivity contribution in [2.24, 2.45) is 18.7 Å². The van der Waals surface area contributed by atoms with Gasteiger partial charge in [-0.3, -0.25) is 4.79 Å². The molecular formula is C16H29N5O3S. The summed E-state index contributed by atoms with van der Waals surface area (Å²) in [5, 5.41) is 2.92. The van der Waals surface area contributed by atoms with E-state index in [0.29, 0.717) is 18.3 Å². The predicted octanol–water partition coefficient (Wildman–Crippen LogP) is 0.421. The van der Waals surface area contributed by atoms with Crippen molar-refractivity contribution in [3.8, 4) is 0 Å². The zero-order chi connectivity index (χ0) is 18.4. The Morgan fingerprint density at radius 2 is 2.08 bits per heavy atom. The number of imidazole rings is 1. The number of amides is 1. The van der Waals surface area contributed by atoms with E-state index in [1.165, 1.54) is 25.5 Å². The summed E-state index contributed by atoms with van der Waals surface area (Å²) in [6.45, 7) is 2.17. The van der Waals surface area contributed by atoms with Gasteiger partial charge in [-0.05, 0) is 25.7 Å². The minimum Gasteiger partial charge on any atom is -0.352 e. The fraction of sp³-hybridized carbons (Fsp3) is 0.750. The molecule has 8 nitrogen and oxygen atoms in total. The first kappa shape index (κ1) is 19.9. The van der Waals surface area contributed by atoms with Crippen LogP contribution < -0.4 is 15.8 Å². The number of rotatable bonds is 8. The molecule has 1 atom stereocenters. The molecule has 1 aromatic heterocycles. The third-order valence-electron chi connectivity index (χ3n) is 4.83. The van der Waals surface area contributed by atoms with Crippen LogP contribution in [-0.2, 0) is 21.9 Å². The average molecular weight is 372 g/mol. The molecule has 1 amide bonds. The second-order valence-electron chi connectivity index (χ2n) is 6.69. The maximum absolute atomic E-state index is 12.2. The molecular weight excluding hydrogens is 342 g/mol. The van der Waals surface area contributed by atoms with Crippen LogP contribution in [-0.4, -0.2) is 43.0 Å². The summed E-state index contributed by atoms with van der Waals surface area (Å²) in [6, 6.07) is -0.0251. The van der Waals surface area contributed by atoms with Gasteiger partial charge in [0, 0.05) is 38.8 Å². The van der Waals surface area contributed by atoms with Crippen molar-refractivity contribution in [1.29, 1.82) is 0 Å². The Morgan fingerprint density at radius 1 is 1.40 bits per heavy atom. The molecule has 0 radical (unpaired) electrons. The summed E-state index contributed by atoms with van der Waals surface area (Å²) in [7, 11) is -1.97. The standard InChI is InChI=1S/C16H29N5O3S/c1-12-19-16(11-21(12)2)25(23,24)18-9-8-15(22)20-14(10-17)13-6-4-3-5-7-13/h11,13-14,18H,3-10,17H2,1-2H3,(H,20,22). The molecule has 1 aliphatic carbocycles. The van der Waals surface area contributed by atoms with E-state index in [1.54, 1.807) is 18.5 Å². The third-order valence-corrected chi connectivity index (χ3v) is 6.16. The topological polar surface area (TPSA) is 119 Å². The van der Waals surface area contributed by atoms with E-state index < -0.39 is 10.0 Å².